The molecule has 2 rings (SSSR count). The zero-order valence-electron chi connectivity index (χ0n) is 16.0. The van der Waals surface area contributed by atoms with Gasteiger partial charge in [0.05, 0.1) is 19.8 Å². The second-order valence-corrected chi connectivity index (χ2v) is 7.30. The molecular weight excluding hydrogens is 312 g/mol. The molecule has 0 saturated carbocycles. The third-order valence-corrected chi connectivity index (χ3v) is 4.58. The summed E-state index contributed by atoms with van der Waals surface area (Å²) < 4.78 is 5.45. The summed E-state index contributed by atoms with van der Waals surface area (Å²) in [4.78, 5) is 6.93. The van der Waals surface area contributed by atoms with Gasteiger partial charge in [0.1, 0.15) is 0 Å². The van der Waals surface area contributed by atoms with E-state index in [9.17, 15) is 0 Å². The molecule has 0 radical (unpaired) electrons. The predicted octanol–water partition coefficient (Wildman–Crippen LogP) is 3.14. The minimum Gasteiger partial charge on any atom is -0.378 e. The SMILES string of the molecule is CC(C)CCCC(C)NC(N)=NCc1ccccc1N1CCOCC1. The molecular formula is C20H34N4O. The molecule has 3 N–H and O–H groups in total. The third kappa shape index (κ3) is 6.94. The summed E-state index contributed by atoms with van der Waals surface area (Å²) in [7, 11) is 0. The number of nitrogens with two attached hydrogens (primary N) is 1. The number of hydrogen-bond donors (Lipinski definition) is 2. The Bertz CT molecular complexity index is 538. The molecule has 1 heterocycles. The van der Waals surface area contributed by atoms with Crippen LogP contribution in [0.4, 0.5) is 5.69 Å². The molecule has 1 atom stereocenters. The normalized spacial score (nSPS) is 17.0. The summed E-state index contributed by atoms with van der Waals surface area (Å²) in [5.74, 6) is 1.30. The van der Waals surface area contributed by atoms with Crippen LogP contribution in [0.5, 0.6) is 0 Å². The number of nitrogens with one attached hydrogen (secondary N) is 1. The fourth-order valence-electron chi connectivity index (χ4n) is 3.13. The molecule has 0 amide bonds. The van der Waals surface area contributed by atoms with Gasteiger partial charge in [-0.05, 0) is 30.9 Å². The largest absolute Gasteiger partial charge is 0.378 e. The number of anilines is 1. The lowest BCUT2D eigenvalue weighted by atomic mass is 10.0. The highest BCUT2D eigenvalue weighted by Crippen LogP contribution is 2.22. The number of aliphatic imine (C=N–C) groups is 1. The van der Waals surface area contributed by atoms with Crippen LogP contribution in [-0.4, -0.2) is 38.3 Å². The molecule has 0 aliphatic carbocycles. The molecule has 1 aliphatic rings. The van der Waals surface area contributed by atoms with Crippen molar-refractivity contribution in [3.05, 3.63) is 29.8 Å². The Kier molecular flexibility index (Phi) is 8.06. The van der Waals surface area contributed by atoms with Crippen LogP contribution in [0.25, 0.3) is 0 Å². The second-order valence-electron chi connectivity index (χ2n) is 7.30. The molecule has 1 aliphatic heterocycles. The summed E-state index contributed by atoms with van der Waals surface area (Å²) in [5, 5.41) is 3.32. The van der Waals surface area contributed by atoms with Crippen LogP contribution in [0, 0.1) is 5.92 Å². The third-order valence-electron chi connectivity index (χ3n) is 4.58. The smallest absolute Gasteiger partial charge is 0.189 e. The summed E-state index contributed by atoms with van der Waals surface area (Å²) in [6.07, 6.45) is 3.60. The molecule has 1 saturated heterocycles. The number of nitrogens with zero attached hydrogens (tertiary/aromatic N) is 2. The van der Waals surface area contributed by atoms with E-state index in [0.717, 1.165) is 38.6 Å². The van der Waals surface area contributed by atoms with Crippen LogP contribution in [0.3, 0.4) is 0 Å². The van der Waals surface area contributed by atoms with E-state index in [0.29, 0.717) is 18.5 Å². The summed E-state index contributed by atoms with van der Waals surface area (Å²) in [6.45, 7) is 10.7. The van der Waals surface area contributed by atoms with Gasteiger partial charge in [0, 0.05) is 24.8 Å². The van der Waals surface area contributed by atoms with Gasteiger partial charge in [-0.25, -0.2) is 4.99 Å². The van der Waals surface area contributed by atoms with Crippen molar-refractivity contribution < 1.29 is 4.74 Å². The minimum atomic E-state index is 0.358. The zero-order chi connectivity index (χ0) is 18.1. The Morgan fingerprint density at radius 1 is 1.20 bits per heavy atom. The van der Waals surface area contributed by atoms with Crippen molar-refractivity contribution in [3.8, 4) is 0 Å². The van der Waals surface area contributed by atoms with Gasteiger partial charge in [0.15, 0.2) is 5.96 Å². The maximum atomic E-state index is 6.09. The fourth-order valence-corrected chi connectivity index (χ4v) is 3.13. The van der Waals surface area contributed by atoms with Gasteiger partial charge in [-0.1, -0.05) is 44.9 Å². The number of guanidine groups is 1. The predicted molar refractivity (Wildman–Crippen MR) is 106 cm³/mol. The molecule has 1 aromatic carbocycles. The van der Waals surface area contributed by atoms with Crippen molar-refractivity contribution >= 4 is 11.6 Å². The fraction of sp³-hybridized carbons (Fsp3) is 0.650. The van der Waals surface area contributed by atoms with Crippen molar-refractivity contribution in [2.24, 2.45) is 16.6 Å². The summed E-state index contributed by atoms with van der Waals surface area (Å²) >= 11 is 0. The van der Waals surface area contributed by atoms with Crippen LogP contribution < -0.4 is 16.0 Å². The van der Waals surface area contributed by atoms with E-state index >= 15 is 0 Å². The van der Waals surface area contributed by atoms with Gasteiger partial charge in [-0.2, -0.15) is 0 Å². The maximum Gasteiger partial charge on any atom is 0.189 e. The van der Waals surface area contributed by atoms with E-state index in [1.807, 2.05) is 0 Å². The van der Waals surface area contributed by atoms with Crippen molar-refractivity contribution in [2.45, 2.75) is 52.6 Å². The topological polar surface area (TPSA) is 62.9 Å². The van der Waals surface area contributed by atoms with Gasteiger partial charge >= 0.3 is 0 Å². The van der Waals surface area contributed by atoms with Gasteiger partial charge in [0.25, 0.3) is 0 Å². The van der Waals surface area contributed by atoms with E-state index in [1.54, 1.807) is 0 Å². The monoisotopic (exact) mass is 346 g/mol. The van der Waals surface area contributed by atoms with Gasteiger partial charge < -0.3 is 20.7 Å². The Morgan fingerprint density at radius 2 is 1.92 bits per heavy atom. The number of rotatable bonds is 8. The van der Waals surface area contributed by atoms with Crippen LogP contribution >= 0.6 is 0 Å². The minimum absolute atomic E-state index is 0.358. The molecule has 0 bridgehead atoms. The Labute approximate surface area is 152 Å². The van der Waals surface area contributed by atoms with Crippen LogP contribution in [-0.2, 0) is 11.3 Å². The first-order valence-corrected chi connectivity index (χ1v) is 9.53. The molecule has 5 heteroatoms. The highest BCUT2D eigenvalue weighted by molar-refractivity contribution is 5.78. The van der Waals surface area contributed by atoms with Crippen LogP contribution in [0.15, 0.2) is 29.3 Å². The first kappa shape index (κ1) is 19.6. The molecule has 25 heavy (non-hydrogen) atoms. The molecule has 140 valence electrons. The summed E-state index contributed by atoms with van der Waals surface area (Å²) in [6, 6.07) is 8.79. The number of para-hydroxylation sites is 1. The van der Waals surface area contributed by atoms with Crippen LogP contribution in [0.2, 0.25) is 0 Å². The van der Waals surface area contributed by atoms with Gasteiger partial charge in [0.2, 0.25) is 0 Å². The molecule has 0 aromatic heterocycles. The molecule has 1 unspecified atom stereocenters. The zero-order valence-corrected chi connectivity index (χ0v) is 16.0. The lowest BCUT2D eigenvalue weighted by Crippen LogP contribution is -2.38. The summed E-state index contributed by atoms with van der Waals surface area (Å²) in [5.41, 5.74) is 8.54. The van der Waals surface area contributed by atoms with E-state index in [4.69, 9.17) is 10.5 Å². The Hall–Kier alpha value is -1.75. The second kappa shape index (κ2) is 10.3. The average Bonchev–Trinajstić information content (AvgIpc) is 2.60. The van der Waals surface area contributed by atoms with Gasteiger partial charge in [-0.15, -0.1) is 0 Å². The quantitative estimate of drug-likeness (QED) is 0.561. The van der Waals surface area contributed by atoms with Crippen molar-refractivity contribution in [1.29, 1.82) is 0 Å². The number of hydrogen-bond acceptors (Lipinski definition) is 3. The van der Waals surface area contributed by atoms with Crippen molar-refractivity contribution in [3.63, 3.8) is 0 Å². The van der Waals surface area contributed by atoms with Crippen molar-refractivity contribution in [2.75, 3.05) is 31.2 Å². The van der Waals surface area contributed by atoms with Gasteiger partial charge in [-0.3, -0.25) is 0 Å². The highest BCUT2D eigenvalue weighted by atomic mass is 16.5. The van der Waals surface area contributed by atoms with E-state index < -0.39 is 0 Å². The lowest BCUT2D eigenvalue weighted by Gasteiger charge is -2.30. The van der Waals surface area contributed by atoms with E-state index in [2.05, 4.69) is 60.2 Å². The Balaban J connectivity index is 1.87. The van der Waals surface area contributed by atoms with Crippen LogP contribution in [0.1, 0.15) is 45.6 Å². The van der Waals surface area contributed by atoms with E-state index in [-0.39, 0.29) is 0 Å². The first-order valence-electron chi connectivity index (χ1n) is 9.53. The standard InChI is InChI=1S/C20H34N4O/c1-16(2)7-6-8-17(3)23-20(21)22-15-18-9-4-5-10-19(18)24-11-13-25-14-12-24/h4-5,9-10,16-17H,6-8,11-15H2,1-3H3,(H3,21,22,23). The highest BCUT2D eigenvalue weighted by Gasteiger charge is 2.14. The van der Waals surface area contributed by atoms with E-state index in [1.165, 1.54) is 24.1 Å². The molecule has 1 fully saturated rings. The number of benzene rings is 1. The molecule has 0 spiro atoms. The number of ether oxygens (including phenoxy) is 1. The molecule has 5 nitrogen and oxygen atoms in total. The lowest BCUT2D eigenvalue weighted by molar-refractivity contribution is 0.122. The first-order chi connectivity index (χ1) is 12.1. The average molecular weight is 347 g/mol. The number of morpholine rings is 1. The molecule has 1 aromatic rings. The van der Waals surface area contributed by atoms with Crippen molar-refractivity contribution in [1.82, 2.24) is 5.32 Å². The maximum absolute atomic E-state index is 6.09. The Morgan fingerprint density at radius 3 is 2.64 bits per heavy atom.